The Kier molecular flexibility index (Phi) is 4.04. The monoisotopic (exact) mass is 262 g/mol. The molecule has 0 saturated carbocycles. The van der Waals surface area contributed by atoms with Gasteiger partial charge in [-0.25, -0.2) is 0 Å². The van der Waals surface area contributed by atoms with Gasteiger partial charge in [-0.3, -0.25) is 9.59 Å². The number of rotatable bonds is 5. The van der Waals surface area contributed by atoms with E-state index in [-0.39, 0.29) is 18.9 Å². The van der Waals surface area contributed by atoms with E-state index in [2.05, 4.69) is 5.32 Å². The molecule has 102 valence electrons. The number of nitrogens with one attached hydrogen (secondary N) is 1. The molecule has 5 nitrogen and oxygen atoms in total. The molecule has 0 bridgehead atoms. The maximum Gasteiger partial charge on any atom is 0.305 e. The first-order chi connectivity index (χ1) is 9.11. The quantitative estimate of drug-likeness (QED) is 0.845. The molecule has 0 aliphatic carbocycles. The maximum absolute atomic E-state index is 12.3. The number of hydrogen-bond donors (Lipinski definition) is 2. The van der Waals surface area contributed by atoms with Crippen LogP contribution in [0.5, 0.6) is 0 Å². The Morgan fingerprint density at radius 3 is 2.89 bits per heavy atom. The van der Waals surface area contributed by atoms with Crippen LogP contribution in [0.4, 0.5) is 5.69 Å². The molecule has 1 aliphatic heterocycles. The van der Waals surface area contributed by atoms with Crippen molar-refractivity contribution in [3.05, 3.63) is 29.3 Å². The van der Waals surface area contributed by atoms with E-state index < -0.39 is 5.97 Å². The van der Waals surface area contributed by atoms with Crippen molar-refractivity contribution < 1.29 is 14.7 Å². The number of carbonyl (C=O) groups is 2. The molecule has 1 heterocycles. The fourth-order valence-corrected chi connectivity index (χ4v) is 2.25. The van der Waals surface area contributed by atoms with Gasteiger partial charge >= 0.3 is 5.97 Å². The van der Waals surface area contributed by atoms with Crippen molar-refractivity contribution in [3.8, 4) is 0 Å². The first-order valence-corrected chi connectivity index (χ1v) is 6.49. The molecule has 0 fully saturated rings. The molecule has 2 rings (SSSR count). The van der Waals surface area contributed by atoms with Crippen molar-refractivity contribution in [1.29, 1.82) is 0 Å². The normalized spacial score (nSPS) is 12.7. The summed E-state index contributed by atoms with van der Waals surface area (Å²) in [6, 6.07) is 5.62. The SMILES string of the molecule is CCN(CCC(=O)O)C(=O)c1ccc2c(c1)CCN2. The molecule has 19 heavy (non-hydrogen) atoms. The smallest absolute Gasteiger partial charge is 0.305 e. The van der Waals surface area contributed by atoms with E-state index in [1.54, 1.807) is 11.0 Å². The molecule has 0 spiro atoms. The van der Waals surface area contributed by atoms with Crippen molar-refractivity contribution in [2.24, 2.45) is 0 Å². The van der Waals surface area contributed by atoms with Gasteiger partial charge < -0.3 is 15.3 Å². The second-order valence-electron chi connectivity index (χ2n) is 4.58. The summed E-state index contributed by atoms with van der Waals surface area (Å²) >= 11 is 0. The summed E-state index contributed by atoms with van der Waals surface area (Å²) in [6.07, 6.45) is 0.907. The Morgan fingerprint density at radius 2 is 2.21 bits per heavy atom. The number of benzene rings is 1. The van der Waals surface area contributed by atoms with Crippen LogP contribution in [0.2, 0.25) is 0 Å². The Balaban J connectivity index is 2.11. The lowest BCUT2D eigenvalue weighted by Gasteiger charge is -2.20. The summed E-state index contributed by atoms with van der Waals surface area (Å²) in [5, 5.41) is 11.9. The molecule has 1 aromatic rings. The predicted octanol–water partition coefficient (Wildman–Crippen LogP) is 1.59. The largest absolute Gasteiger partial charge is 0.481 e. The molecule has 2 N–H and O–H groups in total. The van der Waals surface area contributed by atoms with E-state index in [9.17, 15) is 9.59 Å². The first kappa shape index (κ1) is 13.4. The van der Waals surface area contributed by atoms with Gasteiger partial charge in [0.05, 0.1) is 6.42 Å². The van der Waals surface area contributed by atoms with Crippen LogP contribution in [0.1, 0.15) is 29.3 Å². The summed E-state index contributed by atoms with van der Waals surface area (Å²) in [5.41, 5.74) is 2.87. The van der Waals surface area contributed by atoms with Crippen LogP contribution in [0.15, 0.2) is 18.2 Å². The van der Waals surface area contributed by atoms with Crippen LogP contribution in [0, 0.1) is 0 Å². The molecule has 5 heteroatoms. The van der Waals surface area contributed by atoms with Crippen LogP contribution in [-0.4, -0.2) is 41.5 Å². The lowest BCUT2D eigenvalue weighted by molar-refractivity contribution is -0.137. The molecular weight excluding hydrogens is 244 g/mol. The number of nitrogens with zero attached hydrogens (tertiary/aromatic N) is 1. The Hall–Kier alpha value is -2.04. The van der Waals surface area contributed by atoms with Gasteiger partial charge in [-0.15, -0.1) is 0 Å². The summed E-state index contributed by atoms with van der Waals surface area (Å²) in [6.45, 7) is 3.53. The van der Waals surface area contributed by atoms with E-state index in [0.717, 1.165) is 24.2 Å². The summed E-state index contributed by atoms with van der Waals surface area (Å²) in [7, 11) is 0. The first-order valence-electron chi connectivity index (χ1n) is 6.49. The molecular formula is C14H18N2O3. The number of aliphatic carboxylic acids is 1. The zero-order valence-corrected chi connectivity index (χ0v) is 11.0. The Bertz CT molecular complexity index is 499. The van der Waals surface area contributed by atoms with E-state index in [4.69, 9.17) is 5.11 Å². The molecule has 0 radical (unpaired) electrons. The van der Waals surface area contributed by atoms with Gasteiger partial charge in [0.25, 0.3) is 5.91 Å². The van der Waals surface area contributed by atoms with Crippen LogP contribution in [0.3, 0.4) is 0 Å². The molecule has 1 amide bonds. The second kappa shape index (κ2) is 5.73. The topological polar surface area (TPSA) is 69.6 Å². The Morgan fingerprint density at radius 1 is 1.42 bits per heavy atom. The number of hydrogen-bond acceptors (Lipinski definition) is 3. The van der Waals surface area contributed by atoms with Crippen molar-refractivity contribution in [1.82, 2.24) is 4.90 Å². The second-order valence-corrected chi connectivity index (χ2v) is 4.58. The molecule has 1 aliphatic rings. The average Bonchev–Trinajstić information content (AvgIpc) is 2.85. The third kappa shape index (κ3) is 3.05. The number of carbonyl (C=O) groups excluding carboxylic acids is 1. The number of carboxylic acids is 1. The minimum Gasteiger partial charge on any atom is -0.481 e. The minimum absolute atomic E-state index is 0.0217. The van der Waals surface area contributed by atoms with Crippen LogP contribution < -0.4 is 5.32 Å². The fraction of sp³-hybridized carbons (Fsp3) is 0.429. The average molecular weight is 262 g/mol. The molecule has 0 atom stereocenters. The van der Waals surface area contributed by atoms with Gasteiger partial charge in [0.1, 0.15) is 0 Å². The van der Waals surface area contributed by atoms with Gasteiger partial charge in [-0.2, -0.15) is 0 Å². The standard InChI is InChI=1S/C14H18N2O3/c1-2-16(8-6-13(17)18)14(19)11-3-4-12-10(9-11)5-7-15-12/h3-4,9,15H,2,5-8H2,1H3,(H,17,18). The van der Waals surface area contributed by atoms with Gasteiger partial charge in [-0.05, 0) is 37.1 Å². The van der Waals surface area contributed by atoms with Crippen molar-refractivity contribution in [2.75, 3.05) is 25.0 Å². The highest BCUT2D eigenvalue weighted by Gasteiger charge is 2.18. The van der Waals surface area contributed by atoms with Gasteiger partial charge in [0.2, 0.25) is 0 Å². The summed E-state index contributed by atoms with van der Waals surface area (Å²) in [5.74, 6) is -0.983. The minimum atomic E-state index is -0.885. The van der Waals surface area contributed by atoms with Crippen LogP contribution >= 0.6 is 0 Å². The van der Waals surface area contributed by atoms with Crippen LogP contribution in [0.25, 0.3) is 0 Å². The van der Waals surface area contributed by atoms with Gasteiger partial charge in [-0.1, -0.05) is 0 Å². The lowest BCUT2D eigenvalue weighted by Crippen LogP contribution is -2.32. The predicted molar refractivity (Wildman–Crippen MR) is 72.5 cm³/mol. The Labute approximate surface area is 112 Å². The number of carboxylic acid groups (broad SMARTS) is 1. The number of amides is 1. The van der Waals surface area contributed by atoms with Crippen molar-refractivity contribution in [2.45, 2.75) is 19.8 Å². The highest BCUT2D eigenvalue weighted by atomic mass is 16.4. The van der Waals surface area contributed by atoms with Crippen LogP contribution in [-0.2, 0) is 11.2 Å². The van der Waals surface area contributed by atoms with E-state index >= 15 is 0 Å². The summed E-state index contributed by atoms with van der Waals surface area (Å²) in [4.78, 5) is 24.5. The lowest BCUT2D eigenvalue weighted by atomic mass is 10.1. The highest BCUT2D eigenvalue weighted by molar-refractivity contribution is 5.95. The highest BCUT2D eigenvalue weighted by Crippen LogP contribution is 2.23. The van der Waals surface area contributed by atoms with Gasteiger partial charge in [0, 0.05) is 30.9 Å². The van der Waals surface area contributed by atoms with E-state index in [0.29, 0.717) is 12.1 Å². The molecule has 1 aromatic carbocycles. The zero-order valence-electron chi connectivity index (χ0n) is 11.0. The molecule has 0 saturated heterocycles. The number of fused-ring (bicyclic) bond motifs is 1. The van der Waals surface area contributed by atoms with Gasteiger partial charge in [0.15, 0.2) is 0 Å². The maximum atomic E-state index is 12.3. The van der Waals surface area contributed by atoms with E-state index in [1.165, 1.54) is 0 Å². The molecule has 0 aromatic heterocycles. The van der Waals surface area contributed by atoms with Crippen molar-refractivity contribution >= 4 is 17.6 Å². The number of anilines is 1. The van der Waals surface area contributed by atoms with E-state index in [1.807, 2.05) is 19.1 Å². The van der Waals surface area contributed by atoms with Crippen molar-refractivity contribution in [3.63, 3.8) is 0 Å². The molecule has 0 unspecified atom stereocenters. The zero-order chi connectivity index (χ0) is 13.8. The summed E-state index contributed by atoms with van der Waals surface area (Å²) < 4.78 is 0. The fourth-order valence-electron chi connectivity index (χ4n) is 2.25. The third-order valence-corrected chi connectivity index (χ3v) is 3.33. The third-order valence-electron chi connectivity index (χ3n) is 3.33.